The van der Waals surface area contributed by atoms with Gasteiger partial charge in [0, 0.05) is 17.1 Å². The second-order valence-electron chi connectivity index (χ2n) is 4.19. The lowest BCUT2D eigenvalue weighted by Crippen LogP contribution is -1.97. The first-order chi connectivity index (χ1) is 8.77. The summed E-state index contributed by atoms with van der Waals surface area (Å²) in [4.78, 5) is 11.5. The molecule has 0 aliphatic rings. The van der Waals surface area contributed by atoms with Gasteiger partial charge in [0.1, 0.15) is 0 Å². The second kappa shape index (κ2) is 6.41. The summed E-state index contributed by atoms with van der Waals surface area (Å²) < 4.78 is 0. The van der Waals surface area contributed by atoms with Crippen molar-refractivity contribution in [1.82, 2.24) is 0 Å². The first-order valence-corrected chi connectivity index (χ1v) is 7.13. The molecular weight excluding hydrogens is 240 g/mol. The normalized spacial score (nSPS) is 10.3. The maximum absolute atomic E-state index is 11.5. The van der Waals surface area contributed by atoms with E-state index in [0.29, 0.717) is 0 Å². The Morgan fingerprint density at radius 3 is 2.33 bits per heavy atom. The fourth-order valence-corrected chi connectivity index (χ4v) is 2.84. The van der Waals surface area contributed by atoms with Crippen LogP contribution in [0.3, 0.4) is 0 Å². The number of carbonyl (C=O) groups is 1. The van der Waals surface area contributed by atoms with Crippen LogP contribution in [0.25, 0.3) is 0 Å². The van der Waals surface area contributed by atoms with E-state index in [2.05, 4.69) is 24.3 Å². The third-order valence-corrected chi connectivity index (χ3v) is 3.82. The second-order valence-corrected chi connectivity index (χ2v) is 5.18. The molecule has 0 saturated heterocycles. The Morgan fingerprint density at radius 1 is 0.944 bits per heavy atom. The van der Waals surface area contributed by atoms with Gasteiger partial charge in [0.15, 0.2) is 5.78 Å². The van der Waals surface area contributed by atoms with E-state index in [9.17, 15) is 4.79 Å². The Hall–Kier alpha value is -1.54. The van der Waals surface area contributed by atoms with Crippen molar-refractivity contribution in [1.29, 1.82) is 0 Å². The highest BCUT2D eigenvalue weighted by molar-refractivity contribution is 7.97. The molecule has 0 N–H and O–H groups in total. The lowest BCUT2D eigenvalue weighted by molar-refractivity contribution is 0.101. The molecule has 2 rings (SSSR count). The molecule has 0 aliphatic carbocycles. The summed E-state index contributed by atoms with van der Waals surface area (Å²) in [5.74, 6) is 2.00. The van der Waals surface area contributed by atoms with Crippen molar-refractivity contribution >= 4 is 17.5 Å². The number of hydrogen-bond acceptors (Lipinski definition) is 2. The van der Waals surface area contributed by atoms with Gasteiger partial charge in [-0.15, -0.1) is 0 Å². The quantitative estimate of drug-likeness (QED) is 0.741. The summed E-state index contributed by atoms with van der Waals surface area (Å²) in [6.45, 7) is 1.63. The highest BCUT2D eigenvalue weighted by Gasteiger charge is 2.05. The SMILES string of the molecule is CC(=O)c1ccccc1CSCc1ccccc1. The van der Waals surface area contributed by atoms with Crippen LogP contribution in [-0.4, -0.2) is 5.78 Å². The molecule has 0 atom stereocenters. The standard InChI is InChI=1S/C16H16OS/c1-13(17)16-10-6-5-9-15(16)12-18-11-14-7-3-2-4-8-14/h2-10H,11-12H2,1H3. The Kier molecular flexibility index (Phi) is 4.59. The molecular formula is C16H16OS. The lowest BCUT2D eigenvalue weighted by atomic mass is 10.1. The Bertz CT molecular complexity index is 520. The monoisotopic (exact) mass is 256 g/mol. The van der Waals surface area contributed by atoms with Gasteiger partial charge < -0.3 is 0 Å². The molecule has 1 nitrogen and oxygen atoms in total. The summed E-state index contributed by atoms with van der Waals surface area (Å²) in [6.07, 6.45) is 0. The molecule has 2 aromatic carbocycles. The highest BCUT2D eigenvalue weighted by atomic mass is 32.2. The van der Waals surface area contributed by atoms with Gasteiger partial charge in [-0.1, -0.05) is 54.6 Å². The molecule has 0 fully saturated rings. The van der Waals surface area contributed by atoms with Crippen LogP contribution >= 0.6 is 11.8 Å². The molecule has 18 heavy (non-hydrogen) atoms. The summed E-state index contributed by atoms with van der Waals surface area (Å²) in [7, 11) is 0. The number of Topliss-reactive ketones (excluding diaryl/α,β-unsaturated/α-hetero) is 1. The fraction of sp³-hybridized carbons (Fsp3) is 0.188. The van der Waals surface area contributed by atoms with Crippen LogP contribution < -0.4 is 0 Å². The minimum Gasteiger partial charge on any atom is -0.295 e. The maximum Gasteiger partial charge on any atom is 0.160 e. The van der Waals surface area contributed by atoms with E-state index in [1.54, 1.807) is 6.92 Å². The predicted octanol–water partition coefficient (Wildman–Crippen LogP) is 4.32. The minimum atomic E-state index is 0.144. The van der Waals surface area contributed by atoms with Crippen LogP contribution in [0, 0.1) is 0 Å². The predicted molar refractivity (Wildman–Crippen MR) is 77.9 cm³/mol. The van der Waals surface area contributed by atoms with Gasteiger partial charge in [-0.25, -0.2) is 0 Å². The van der Waals surface area contributed by atoms with E-state index in [0.717, 1.165) is 22.6 Å². The zero-order chi connectivity index (χ0) is 12.8. The fourth-order valence-electron chi connectivity index (χ4n) is 1.84. The molecule has 0 radical (unpaired) electrons. The Morgan fingerprint density at radius 2 is 1.61 bits per heavy atom. The van der Waals surface area contributed by atoms with Crippen LogP contribution in [0.2, 0.25) is 0 Å². The van der Waals surface area contributed by atoms with Crippen LogP contribution in [-0.2, 0) is 11.5 Å². The van der Waals surface area contributed by atoms with E-state index in [4.69, 9.17) is 0 Å². The molecule has 0 bridgehead atoms. The van der Waals surface area contributed by atoms with Crippen molar-refractivity contribution in [2.24, 2.45) is 0 Å². The van der Waals surface area contributed by atoms with Gasteiger partial charge in [-0.2, -0.15) is 11.8 Å². The molecule has 0 aliphatic heterocycles. The lowest BCUT2D eigenvalue weighted by Gasteiger charge is -2.06. The number of hydrogen-bond donors (Lipinski definition) is 0. The molecule has 2 aromatic rings. The number of ketones is 1. The van der Waals surface area contributed by atoms with Gasteiger partial charge in [0.05, 0.1) is 0 Å². The molecule has 0 amide bonds. The van der Waals surface area contributed by atoms with Crippen molar-refractivity contribution in [3.8, 4) is 0 Å². The number of thioether (sulfide) groups is 1. The van der Waals surface area contributed by atoms with Crippen LogP contribution in [0.15, 0.2) is 54.6 Å². The summed E-state index contributed by atoms with van der Waals surface area (Å²) in [5, 5.41) is 0. The van der Waals surface area contributed by atoms with Gasteiger partial charge in [0.25, 0.3) is 0 Å². The summed E-state index contributed by atoms with van der Waals surface area (Å²) >= 11 is 1.84. The number of rotatable bonds is 5. The summed E-state index contributed by atoms with van der Waals surface area (Å²) in [6, 6.07) is 18.2. The van der Waals surface area contributed by atoms with Crippen molar-refractivity contribution in [2.45, 2.75) is 18.4 Å². The Balaban J connectivity index is 1.97. The van der Waals surface area contributed by atoms with Crippen LogP contribution in [0.5, 0.6) is 0 Å². The topological polar surface area (TPSA) is 17.1 Å². The van der Waals surface area contributed by atoms with E-state index in [-0.39, 0.29) is 5.78 Å². The Labute approximate surface area is 112 Å². The zero-order valence-electron chi connectivity index (χ0n) is 10.4. The number of benzene rings is 2. The van der Waals surface area contributed by atoms with Gasteiger partial charge in [0.2, 0.25) is 0 Å². The van der Waals surface area contributed by atoms with Crippen LogP contribution in [0.1, 0.15) is 28.4 Å². The molecule has 0 heterocycles. The molecule has 92 valence electrons. The van der Waals surface area contributed by atoms with Gasteiger partial charge >= 0.3 is 0 Å². The van der Waals surface area contributed by atoms with Crippen LogP contribution in [0.4, 0.5) is 0 Å². The van der Waals surface area contributed by atoms with E-state index in [1.165, 1.54) is 5.56 Å². The molecule has 0 aromatic heterocycles. The number of carbonyl (C=O) groups excluding carboxylic acids is 1. The average molecular weight is 256 g/mol. The largest absolute Gasteiger partial charge is 0.295 e. The third-order valence-electron chi connectivity index (χ3n) is 2.77. The minimum absolute atomic E-state index is 0.144. The molecule has 0 spiro atoms. The average Bonchev–Trinajstić information content (AvgIpc) is 2.40. The molecule has 2 heteroatoms. The van der Waals surface area contributed by atoms with Crippen molar-refractivity contribution in [3.05, 3.63) is 71.3 Å². The molecule has 0 unspecified atom stereocenters. The summed E-state index contributed by atoms with van der Waals surface area (Å²) in [5.41, 5.74) is 3.30. The zero-order valence-corrected chi connectivity index (χ0v) is 11.2. The van der Waals surface area contributed by atoms with Crippen molar-refractivity contribution < 1.29 is 4.79 Å². The van der Waals surface area contributed by atoms with Crippen molar-refractivity contribution in [3.63, 3.8) is 0 Å². The van der Waals surface area contributed by atoms with Crippen molar-refractivity contribution in [2.75, 3.05) is 0 Å². The highest BCUT2D eigenvalue weighted by Crippen LogP contribution is 2.20. The van der Waals surface area contributed by atoms with Gasteiger partial charge in [-0.05, 0) is 18.1 Å². The first kappa shape index (κ1) is 12.9. The van der Waals surface area contributed by atoms with E-state index >= 15 is 0 Å². The maximum atomic E-state index is 11.5. The molecule has 0 saturated carbocycles. The van der Waals surface area contributed by atoms with E-state index in [1.807, 2.05) is 42.1 Å². The first-order valence-electron chi connectivity index (χ1n) is 5.98. The third kappa shape index (κ3) is 3.47. The van der Waals surface area contributed by atoms with E-state index < -0.39 is 0 Å². The smallest absolute Gasteiger partial charge is 0.160 e. The van der Waals surface area contributed by atoms with Gasteiger partial charge in [-0.3, -0.25) is 4.79 Å².